The first-order valence-corrected chi connectivity index (χ1v) is 14.1. The summed E-state index contributed by atoms with van der Waals surface area (Å²) in [6.45, 7) is 12.9. The van der Waals surface area contributed by atoms with Gasteiger partial charge in [0.1, 0.15) is 0 Å². The number of fused-ring (bicyclic) bond motifs is 7. The van der Waals surface area contributed by atoms with Crippen molar-refractivity contribution in [2.75, 3.05) is 6.61 Å². The fraction of sp³-hybridized carbons (Fsp3) is 0.900. The van der Waals surface area contributed by atoms with Crippen molar-refractivity contribution in [3.8, 4) is 0 Å². The summed E-state index contributed by atoms with van der Waals surface area (Å²) < 4.78 is 0. The molecule has 2 unspecified atom stereocenters. The van der Waals surface area contributed by atoms with Crippen LogP contribution < -0.4 is 0 Å². The fourth-order valence-corrected chi connectivity index (χ4v) is 10.8. The lowest BCUT2D eigenvalue weighted by Crippen LogP contribution is -2.69. The molecule has 5 N–H and O–H groups in total. The maximum Gasteiger partial charge on any atom is 0.310 e. The predicted molar refractivity (Wildman–Crippen MR) is 137 cm³/mol. The molecule has 6 nitrogen and oxygen atoms in total. The van der Waals surface area contributed by atoms with Crippen LogP contribution >= 0.6 is 0 Å². The molecule has 11 atom stereocenters. The van der Waals surface area contributed by atoms with Gasteiger partial charge in [0, 0.05) is 11.3 Å². The number of hydrogen-bond donors (Lipinski definition) is 5. The SMILES string of the molecule is CC1(C)CC[C@]2(C(=O)O)CC[C@]3(C)C(=CC[C@@H]4[C@@]5(C)C[C@@H](O)[C@H](O)C(C)(CO)C5CC[C@]43C)[C@H]2[C@H]1O. The van der Waals surface area contributed by atoms with Gasteiger partial charge in [0.25, 0.3) is 0 Å². The van der Waals surface area contributed by atoms with Crippen LogP contribution in [0.1, 0.15) is 92.9 Å². The molecule has 5 aliphatic carbocycles. The molecule has 4 fully saturated rings. The van der Waals surface area contributed by atoms with Crippen molar-refractivity contribution in [3.05, 3.63) is 11.6 Å². The summed E-state index contributed by atoms with van der Waals surface area (Å²) in [7, 11) is 0. The van der Waals surface area contributed by atoms with Crippen LogP contribution in [0, 0.1) is 50.2 Å². The van der Waals surface area contributed by atoms with E-state index < -0.39 is 35.1 Å². The maximum atomic E-state index is 12.8. The minimum atomic E-state index is -0.944. The lowest BCUT2D eigenvalue weighted by atomic mass is 9.33. The summed E-state index contributed by atoms with van der Waals surface area (Å²) >= 11 is 0. The Morgan fingerprint density at radius 2 is 1.56 bits per heavy atom. The lowest BCUT2D eigenvalue weighted by Gasteiger charge is -2.71. The molecule has 4 saturated carbocycles. The molecule has 204 valence electrons. The predicted octanol–water partition coefficient (Wildman–Crippen LogP) is 4.15. The molecule has 0 aromatic carbocycles. The van der Waals surface area contributed by atoms with Crippen LogP contribution in [0.3, 0.4) is 0 Å². The summed E-state index contributed by atoms with van der Waals surface area (Å²) in [5.41, 5.74) is -1.50. The van der Waals surface area contributed by atoms with Crippen molar-refractivity contribution in [2.24, 2.45) is 50.2 Å². The first kappa shape index (κ1) is 26.6. The summed E-state index contributed by atoms with van der Waals surface area (Å²) in [4.78, 5) is 12.8. The van der Waals surface area contributed by atoms with Crippen LogP contribution in [-0.4, -0.2) is 56.4 Å². The molecule has 0 aromatic rings. The monoisotopic (exact) mass is 504 g/mol. The molecule has 0 radical (unpaired) electrons. The molecule has 0 bridgehead atoms. The number of rotatable bonds is 2. The maximum absolute atomic E-state index is 12.8. The minimum absolute atomic E-state index is 0.0888. The Morgan fingerprint density at radius 1 is 0.917 bits per heavy atom. The van der Waals surface area contributed by atoms with E-state index in [0.29, 0.717) is 25.7 Å². The van der Waals surface area contributed by atoms with Crippen LogP contribution in [-0.2, 0) is 4.79 Å². The third-order valence-corrected chi connectivity index (χ3v) is 13.4. The second-order valence-corrected chi connectivity index (χ2v) is 15.0. The number of allylic oxidation sites excluding steroid dienone is 1. The van der Waals surface area contributed by atoms with Crippen molar-refractivity contribution in [1.29, 1.82) is 0 Å². The van der Waals surface area contributed by atoms with E-state index in [1.165, 1.54) is 0 Å². The molecule has 0 spiro atoms. The molecule has 0 saturated heterocycles. The van der Waals surface area contributed by atoms with Gasteiger partial charge in [-0.1, -0.05) is 53.2 Å². The molecular formula is C30H48O6. The van der Waals surface area contributed by atoms with Gasteiger partial charge in [0.05, 0.1) is 30.3 Å². The average Bonchev–Trinajstić information content (AvgIpc) is 2.80. The van der Waals surface area contributed by atoms with Crippen LogP contribution in [0.4, 0.5) is 0 Å². The number of carboxylic acid groups (broad SMARTS) is 1. The quantitative estimate of drug-likeness (QED) is 0.361. The summed E-state index contributed by atoms with van der Waals surface area (Å²) in [6, 6.07) is 0. The highest BCUT2D eigenvalue weighted by Gasteiger charge is 2.71. The van der Waals surface area contributed by atoms with Gasteiger partial charge in [-0.05, 0) is 84.9 Å². The van der Waals surface area contributed by atoms with E-state index >= 15 is 0 Å². The number of hydrogen-bond acceptors (Lipinski definition) is 5. The van der Waals surface area contributed by atoms with Crippen molar-refractivity contribution in [1.82, 2.24) is 0 Å². The molecule has 5 rings (SSSR count). The Bertz CT molecular complexity index is 974. The van der Waals surface area contributed by atoms with Crippen molar-refractivity contribution >= 4 is 5.97 Å². The van der Waals surface area contributed by atoms with Gasteiger partial charge in [0.15, 0.2) is 0 Å². The highest BCUT2D eigenvalue weighted by atomic mass is 16.4. The standard InChI is InChI=1S/C30H48O6/c1-25(2)11-13-30(24(35)36)14-12-28(5)17(21(30)23(25)34)7-8-20-26(3)15-18(32)22(33)27(4,16-31)19(26)9-10-29(20,28)6/h7,18-23,31-34H,8-16H2,1-6H3,(H,35,36)/t18-,19?,20-,21+,22+,23-,26+,27?,28-,29-,30+/m1/s1. The first-order valence-electron chi connectivity index (χ1n) is 14.1. The Morgan fingerprint density at radius 3 is 2.17 bits per heavy atom. The van der Waals surface area contributed by atoms with Gasteiger partial charge in [-0.2, -0.15) is 0 Å². The zero-order valence-electron chi connectivity index (χ0n) is 23.0. The summed E-state index contributed by atoms with van der Waals surface area (Å²) in [6.07, 6.45) is 5.48. The van der Waals surface area contributed by atoms with Gasteiger partial charge in [-0.15, -0.1) is 0 Å². The number of aliphatic carboxylic acids is 1. The zero-order chi connectivity index (χ0) is 26.7. The molecule has 0 aromatic heterocycles. The van der Waals surface area contributed by atoms with Crippen LogP contribution in [0.25, 0.3) is 0 Å². The molecule has 5 aliphatic rings. The molecule has 0 amide bonds. The number of carboxylic acids is 1. The Balaban J connectivity index is 1.63. The van der Waals surface area contributed by atoms with E-state index in [4.69, 9.17) is 0 Å². The first-order chi connectivity index (χ1) is 16.5. The second kappa shape index (κ2) is 7.80. The molecule has 0 aliphatic heterocycles. The van der Waals surface area contributed by atoms with Gasteiger partial charge >= 0.3 is 5.97 Å². The van der Waals surface area contributed by atoms with Crippen molar-refractivity contribution < 1.29 is 30.3 Å². The smallest absolute Gasteiger partial charge is 0.310 e. The van der Waals surface area contributed by atoms with Crippen molar-refractivity contribution in [2.45, 2.75) is 111 Å². The van der Waals surface area contributed by atoms with Gasteiger partial charge in [-0.3, -0.25) is 4.79 Å². The Labute approximate surface area is 216 Å². The van der Waals surface area contributed by atoms with E-state index in [0.717, 1.165) is 31.3 Å². The van der Waals surface area contributed by atoms with E-state index in [1.54, 1.807) is 0 Å². The summed E-state index contributed by atoms with van der Waals surface area (Å²) in [5, 5.41) is 54.5. The lowest BCUT2D eigenvalue weighted by molar-refractivity contribution is -0.245. The Hall–Kier alpha value is -0.950. The highest BCUT2D eigenvalue weighted by molar-refractivity contribution is 5.77. The van der Waals surface area contributed by atoms with Gasteiger partial charge in [-0.25, -0.2) is 0 Å². The van der Waals surface area contributed by atoms with Crippen LogP contribution in [0.15, 0.2) is 11.6 Å². The minimum Gasteiger partial charge on any atom is -0.481 e. The molecule has 6 heteroatoms. The third-order valence-electron chi connectivity index (χ3n) is 13.4. The topological polar surface area (TPSA) is 118 Å². The van der Waals surface area contributed by atoms with Crippen molar-refractivity contribution in [3.63, 3.8) is 0 Å². The van der Waals surface area contributed by atoms with E-state index in [9.17, 15) is 30.3 Å². The summed E-state index contributed by atoms with van der Waals surface area (Å²) in [5.74, 6) is -0.833. The van der Waals surface area contributed by atoms with Crippen LogP contribution in [0.5, 0.6) is 0 Å². The number of carbonyl (C=O) groups is 1. The van der Waals surface area contributed by atoms with E-state index in [1.807, 2.05) is 6.92 Å². The fourth-order valence-electron chi connectivity index (χ4n) is 10.8. The average molecular weight is 505 g/mol. The largest absolute Gasteiger partial charge is 0.481 e. The van der Waals surface area contributed by atoms with E-state index in [2.05, 4.69) is 40.7 Å². The second-order valence-electron chi connectivity index (χ2n) is 15.0. The van der Waals surface area contributed by atoms with E-state index in [-0.39, 0.29) is 46.0 Å². The Kier molecular flexibility index (Phi) is 5.77. The molecule has 0 heterocycles. The third kappa shape index (κ3) is 2.96. The number of aliphatic hydroxyl groups is 4. The molecular weight excluding hydrogens is 456 g/mol. The van der Waals surface area contributed by atoms with Gasteiger partial charge < -0.3 is 25.5 Å². The van der Waals surface area contributed by atoms with Crippen LogP contribution in [0.2, 0.25) is 0 Å². The molecule has 36 heavy (non-hydrogen) atoms. The normalized spacial score (nSPS) is 55.9. The number of aliphatic hydroxyl groups excluding tert-OH is 4. The zero-order valence-corrected chi connectivity index (χ0v) is 23.0. The highest BCUT2D eigenvalue weighted by Crippen LogP contribution is 2.75. The van der Waals surface area contributed by atoms with Gasteiger partial charge in [0.2, 0.25) is 0 Å².